The van der Waals surface area contributed by atoms with Crippen LogP contribution in [0.1, 0.15) is 12.0 Å². The number of hydrogen-bond donors (Lipinski definition) is 0. The van der Waals surface area contributed by atoms with Crippen LogP contribution in [0.2, 0.25) is 0 Å². The van der Waals surface area contributed by atoms with E-state index < -0.39 is 0 Å². The number of thioether (sulfide) groups is 1. The van der Waals surface area contributed by atoms with Gasteiger partial charge in [-0.15, -0.1) is 21.5 Å². The van der Waals surface area contributed by atoms with E-state index in [2.05, 4.69) is 31.9 Å². The van der Waals surface area contributed by atoms with Crippen molar-refractivity contribution in [2.24, 2.45) is 14.1 Å². The van der Waals surface area contributed by atoms with Crippen molar-refractivity contribution >= 4 is 34.3 Å². The summed E-state index contributed by atoms with van der Waals surface area (Å²) in [5.41, 5.74) is 1.33. The summed E-state index contributed by atoms with van der Waals surface area (Å²) in [5.74, 6) is 1.53. The number of thiophene rings is 1. The van der Waals surface area contributed by atoms with Gasteiger partial charge in [0.2, 0.25) is 0 Å². The van der Waals surface area contributed by atoms with Crippen molar-refractivity contribution in [1.82, 2.24) is 33.4 Å². The molecule has 5 rings (SSSR count). The lowest BCUT2D eigenvalue weighted by atomic mass is 10.2. The second kappa shape index (κ2) is 9.43. The molecule has 0 spiro atoms. The second-order valence-electron chi connectivity index (χ2n) is 7.88. The van der Waals surface area contributed by atoms with Crippen LogP contribution in [0.3, 0.4) is 0 Å². The normalized spacial score (nSPS) is 11.5. The molecule has 11 heteroatoms. The fraction of sp³-hybridized carbons (Fsp3) is 0.261. The van der Waals surface area contributed by atoms with Crippen molar-refractivity contribution < 1.29 is 0 Å². The van der Waals surface area contributed by atoms with Crippen LogP contribution in [0, 0.1) is 0 Å². The standard InChI is InChI=1S/C23H23N7O2S2/c1-27-15-24-20-18(27)21(31)29(23(32)28(20)2)11-7-13-34-22-26-25-19(17-10-6-12-33-17)30(22)14-16-8-4-3-5-9-16/h3-6,8-10,12,15H,7,11,13-14H2,1-2H3. The summed E-state index contributed by atoms with van der Waals surface area (Å²) in [6, 6.07) is 14.3. The molecule has 0 bridgehead atoms. The molecule has 0 atom stereocenters. The van der Waals surface area contributed by atoms with E-state index in [1.165, 1.54) is 14.7 Å². The molecule has 174 valence electrons. The number of nitrogens with zero attached hydrogens (tertiary/aromatic N) is 7. The quantitative estimate of drug-likeness (QED) is 0.244. The Labute approximate surface area is 203 Å². The summed E-state index contributed by atoms with van der Waals surface area (Å²) in [4.78, 5) is 30.9. The molecule has 0 fully saturated rings. The van der Waals surface area contributed by atoms with Gasteiger partial charge in [0.25, 0.3) is 5.56 Å². The van der Waals surface area contributed by atoms with Gasteiger partial charge in [-0.3, -0.25) is 18.5 Å². The van der Waals surface area contributed by atoms with Crippen LogP contribution < -0.4 is 11.2 Å². The predicted molar refractivity (Wildman–Crippen MR) is 134 cm³/mol. The Morgan fingerprint density at radius 2 is 1.82 bits per heavy atom. The number of aromatic nitrogens is 7. The van der Waals surface area contributed by atoms with E-state index >= 15 is 0 Å². The zero-order valence-electron chi connectivity index (χ0n) is 18.8. The largest absolute Gasteiger partial charge is 0.332 e. The first-order valence-electron chi connectivity index (χ1n) is 10.8. The third-order valence-corrected chi connectivity index (χ3v) is 7.52. The van der Waals surface area contributed by atoms with Crippen LogP contribution in [0.25, 0.3) is 21.9 Å². The Morgan fingerprint density at radius 3 is 2.59 bits per heavy atom. The lowest BCUT2D eigenvalue weighted by Gasteiger charge is -2.10. The number of imidazole rings is 1. The van der Waals surface area contributed by atoms with Gasteiger partial charge in [-0.2, -0.15) is 0 Å². The topological polar surface area (TPSA) is 92.5 Å². The van der Waals surface area contributed by atoms with Crippen molar-refractivity contribution in [1.29, 1.82) is 0 Å². The van der Waals surface area contributed by atoms with Crippen molar-refractivity contribution in [3.63, 3.8) is 0 Å². The van der Waals surface area contributed by atoms with Gasteiger partial charge in [-0.25, -0.2) is 9.78 Å². The molecule has 4 heterocycles. The Hall–Kier alpha value is -3.44. The van der Waals surface area contributed by atoms with Gasteiger partial charge in [0.05, 0.1) is 17.7 Å². The maximum absolute atomic E-state index is 12.9. The number of hydrogen-bond acceptors (Lipinski definition) is 7. The summed E-state index contributed by atoms with van der Waals surface area (Å²) in [7, 11) is 3.40. The van der Waals surface area contributed by atoms with E-state index in [9.17, 15) is 9.59 Å². The lowest BCUT2D eigenvalue weighted by Crippen LogP contribution is -2.39. The zero-order valence-corrected chi connectivity index (χ0v) is 20.4. The number of benzene rings is 1. The minimum atomic E-state index is -0.353. The second-order valence-corrected chi connectivity index (χ2v) is 9.89. The van der Waals surface area contributed by atoms with Gasteiger partial charge < -0.3 is 4.57 Å². The van der Waals surface area contributed by atoms with Crippen LogP contribution in [-0.4, -0.2) is 39.2 Å². The molecule has 0 saturated carbocycles. The van der Waals surface area contributed by atoms with E-state index in [1.807, 2.05) is 35.7 Å². The number of aryl methyl sites for hydroxylation is 2. The van der Waals surface area contributed by atoms with Gasteiger partial charge >= 0.3 is 5.69 Å². The van der Waals surface area contributed by atoms with Crippen LogP contribution in [0.5, 0.6) is 0 Å². The average Bonchev–Trinajstić information content (AvgIpc) is 3.58. The van der Waals surface area contributed by atoms with E-state index in [1.54, 1.807) is 48.1 Å². The molecule has 0 saturated heterocycles. The molecule has 34 heavy (non-hydrogen) atoms. The molecular weight excluding hydrogens is 470 g/mol. The highest BCUT2D eigenvalue weighted by atomic mass is 32.2. The molecule has 0 aliphatic heterocycles. The first kappa shape index (κ1) is 22.4. The minimum absolute atomic E-state index is 0.310. The van der Waals surface area contributed by atoms with E-state index in [0.717, 1.165) is 15.9 Å². The fourth-order valence-corrected chi connectivity index (χ4v) is 5.45. The van der Waals surface area contributed by atoms with Crippen LogP contribution in [-0.2, 0) is 27.2 Å². The van der Waals surface area contributed by atoms with E-state index in [-0.39, 0.29) is 11.2 Å². The van der Waals surface area contributed by atoms with Crippen LogP contribution in [0.4, 0.5) is 0 Å². The first-order chi connectivity index (χ1) is 16.5. The zero-order chi connectivity index (χ0) is 23.7. The Kier molecular flexibility index (Phi) is 6.20. The van der Waals surface area contributed by atoms with E-state index in [4.69, 9.17) is 0 Å². The summed E-state index contributed by atoms with van der Waals surface area (Å²) < 4.78 is 6.49. The molecule has 0 unspecified atom stereocenters. The smallest absolute Gasteiger partial charge is 0.328 e. The Morgan fingerprint density at radius 1 is 1.00 bits per heavy atom. The molecule has 4 aromatic heterocycles. The molecular formula is C23H23N7O2S2. The molecule has 1 aromatic carbocycles. The third-order valence-electron chi connectivity index (χ3n) is 5.60. The maximum Gasteiger partial charge on any atom is 0.332 e. The Balaban J connectivity index is 1.35. The predicted octanol–water partition coefficient (Wildman–Crippen LogP) is 2.98. The highest BCUT2D eigenvalue weighted by Crippen LogP contribution is 2.28. The monoisotopic (exact) mass is 493 g/mol. The molecule has 9 nitrogen and oxygen atoms in total. The molecule has 5 aromatic rings. The minimum Gasteiger partial charge on any atom is -0.328 e. The molecule has 0 aliphatic rings. The van der Waals surface area contributed by atoms with Crippen molar-refractivity contribution in [3.05, 3.63) is 80.6 Å². The first-order valence-corrected chi connectivity index (χ1v) is 12.7. The van der Waals surface area contributed by atoms with E-state index in [0.29, 0.717) is 36.4 Å². The number of fused-ring (bicyclic) bond motifs is 1. The fourth-order valence-electron chi connectivity index (χ4n) is 3.87. The average molecular weight is 494 g/mol. The molecule has 0 N–H and O–H groups in total. The van der Waals surface area contributed by atoms with Crippen LogP contribution >= 0.6 is 23.1 Å². The maximum atomic E-state index is 12.9. The van der Waals surface area contributed by atoms with Crippen LogP contribution in [0.15, 0.2) is 68.9 Å². The molecule has 0 amide bonds. The Bertz CT molecular complexity index is 1550. The van der Waals surface area contributed by atoms with Gasteiger partial charge in [-0.05, 0) is 23.4 Å². The van der Waals surface area contributed by atoms with Gasteiger partial charge in [0.1, 0.15) is 0 Å². The van der Waals surface area contributed by atoms with Crippen molar-refractivity contribution in [2.75, 3.05) is 5.75 Å². The lowest BCUT2D eigenvalue weighted by molar-refractivity contribution is 0.593. The van der Waals surface area contributed by atoms with Gasteiger partial charge in [0, 0.05) is 26.4 Å². The van der Waals surface area contributed by atoms with Crippen molar-refractivity contribution in [2.45, 2.75) is 24.7 Å². The highest BCUT2D eigenvalue weighted by Gasteiger charge is 2.17. The third kappa shape index (κ3) is 4.12. The summed E-state index contributed by atoms with van der Waals surface area (Å²) in [6.45, 7) is 0.991. The van der Waals surface area contributed by atoms with Crippen molar-refractivity contribution in [3.8, 4) is 10.7 Å². The van der Waals surface area contributed by atoms with Gasteiger partial charge in [-0.1, -0.05) is 48.2 Å². The molecule has 0 aliphatic carbocycles. The molecule has 0 radical (unpaired) electrons. The number of rotatable bonds is 8. The summed E-state index contributed by atoms with van der Waals surface area (Å²) in [6.07, 6.45) is 2.19. The summed E-state index contributed by atoms with van der Waals surface area (Å²) >= 11 is 3.21. The van der Waals surface area contributed by atoms with Gasteiger partial charge in [0.15, 0.2) is 22.1 Å². The summed E-state index contributed by atoms with van der Waals surface area (Å²) in [5, 5.41) is 11.7. The highest BCUT2D eigenvalue weighted by molar-refractivity contribution is 7.99. The SMILES string of the molecule is Cn1cnc2c1c(=O)n(CCCSc1nnc(-c3cccs3)n1Cc1ccccc1)c(=O)n2C.